The minimum absolute atomic E-state index is 0.158. The second kappa shape index (κ2) is 6.97. The van der Waals surface area contributed by atoms with Gasteiger partial charge in [0.25, 0.3) is 5.91 Å². The summed E-state index contributed by atoms with van der Waals surface area (Å²) in [6.45, 7) is 0.556. The van der Waals surface area contributed by atoms with E-state index in [4.69, 9.17) is 0 Å². The summed E-state index contributed by atoms with van der Waals surface area (Å²) in [7, 11) is 4.02. The van der Waals surface area contributed by atoms with E-state index < -0.39 is 0 Å². The van der Waals surface area contributed by atoms with Crippen LogP contribution in [0.3, 0.4) is 0 Å². The number of pyridine rings is 1. The zero-order valence-corrected chi connectivity index (χ0v) is 13.7. The van der Waals surface area contributed by atoms with E-state index in [9.17, 15) is 4.79 Å². The third kappa shape index (κ3) is 3.88. The van der Waals surface area contributed by atoms with E-state index in [1.54, 1.807) is 29.5 Å². The molecular weight excluding hydrogens is 338 g/mol. The van der Waals surface area contributed by atoms with Crippen LogP contribution in [0.1, 0.15) is 21.4 Å². The average Bonchev–Trinajstić information content (AvgIpc) is 2.92. The number of likely N-dealkylation sites (N-methyl/N-ethyl adjacent to an activating group) is 1. The average molecular weight is 354 g/mol. The molecule has 0 saturated heterocycles. The number of aromatic nitrogens is 1. The van der Waals surface area contributed by atoms with Crippen molar-refractivity contribution in [3.8, 4) is 0 Å². The van der Waals surface area contributed by atoms with Crippen LogP contribution < -0.4 is 5.32 Å². The van der Waals surface area contributed by atoms with Crippen LogP contribution in [0.25, 0.3) is 0 Å². The van der Waals surface area contributed by atoms with E-state index >= 15 is 0 Å². The molecule has 0 aliphatic carbocycles. The van der Waals surface area contributed by atoms with Gasteiger partial charge in [0.2, 0.25) is 0 Å². The van der Waals surface area contributed by atoms with Gasteiger partial charge < -0.3 is 10.2 Å². The quantitative estimate of drug-likeness (QED) is 0.840. The molecule has 0 radical (unpaired) electrons. The number of hydrogen-bond acceptors (Lipinski definition) is 4. The Balaban J connectivity index is 2.01. The van der Waals surface area contributed by atoms with Crippen molar-refractivity contribution in [2.75, 3.05) is 20.6 Å². The van der Waals surface area contributed by atoms with Crippen molar-refractivity contribution in [1.82, 2.24) is 15.2 Å². The third-order valence-electron chi connectivity index (χ3n) is 2.90. The molecule has 0 bridgehead atoms. The molecule has 1 amide bonds. The normalized spacial score (nSPS) is 12.4. The van der Waals surface area contributed by atoms with Crippen LogP contribution in [0.15, 0.2) is 40.3 Å². The number of nitrogens with zero attached hydrogens (tertiary/aromatic N) is 2. The van der Waals surface area contributed by atoms with Crippen LogP contribution in [-0.4, -0.2) is 36.4 Å². The lowest BCUT2D eigenvalue weighted by Crippen LogP contribution is -2.34. The van der Waals surface area contributed by atoms with Crippen molar-refractivity contribution in [3.63, 3.8) is 0 Å². The number of halogens is 1. The van der Waals surface area contributed by atoms with Gasteiger partial charge >= 0.3 is 0 Å². The lowest BCUT2D eigenvalue weighted by atomic mass is 10.2. The van der Waals surface area contributed by atoms with Crippen molar-refractivity contribution >= 4 is 33.2 Å². The van der Waals surface area contributed by atoms with Crippen molar-refractivity contribution in [2.45, 2.75) is 6.04 Å². The van der Waals surface area contributed by atoms with Gasteiger partial charge in [0, 0.05) is 11.4 Å². The van der Waals surface area contributed by atoms with E-state index in [-0.39, 0.29) is 11.9 Å². The maximum Gasteiger partial charge on any atom is 0.269 e. The minimum Gasteiger partial charge on any atom is -0.349 e. The first-order valence-electron chi connectivity index (χ1n) is 6.18. The van der Waals surface area contributed by atoms with Crippen molar-refractivity contribution in [1.29, 1.82) is 0 Å². The van der Waals surface area contributed by atoms with E-state index in [0.29, 0.717) is 16.8 Å². The molecule has 1 N–H and O–H groups in total. The number of thiophene rings is 1. The summed E-state index contributed by atoms with van der Waals surface area (Å²) < 4.78 is 0.660. The highest BCUT2D eigenvalue weighted by molar-refractivity contribution is 9.10. The zero-order chi connectivity index (χ0) is 14.5. The second-order valence-corrected chi connectivity index (χ2v) is 6.34. The Bertz CT molecular complexity index is 572. The van der Waals surface area contributed by atoms with Crippen LogP contribution >= 0.6 is 27.3 Å². The molecule has 6 heteroatoms. The first-order chi connectivity index (χ1) is 9.58. The van der Waals surface area contributed by atoms with Gasteiger partial charge in [-0.1, -0.05) is 12.1 Å². The van der Waals surface area contributed by atoms with Gasteiger partial charge in [-0.15, -0.1) is 11.3 Å². The van der Waals surface area contributed by atoms with E-state index in [1.165, 1.54) is 4.88 Å². The lowest BCUT2D eigenvalue weighted by Gasteiger charge is -2.23. The molecule has 2 heterocycles. The van der Waals surface area contributed by atoms with Gasteiger partial charge in [0.05, 0.1) is 6.04 Å². The van der Waals surface area contributed by atoms with Crippen LogP contribution in [-0.2, 0) is 0 Å². The number of amides is 1. The van der Waals surface area contributed by atoms with Gasteiger partial charge in [-0.2, -0.15) is 0 Å². The summed E-state index contributed by atoms with van der Waals surface area (Å²) in [5, 5.41) is 4.98. The predicted octanol–water partition coefficient (Wildman–Crippen LogP) is 2.94. The molecule has 0 aromatic carbocycles. The first kappa shape index (κ1) is 15.2. The summed E-state index contributed by atoms with van der Waals surface area (Å²) in [5.74, 6) is -0.158. The van der Waals surface area contributed by atoms with Crippen molar-refractivity contribution < 1.29 is 4.79 Å². The van der Waals surface area contributed by atoms with Gasteiger partial charge in [-0.05, 0) is 53.6 Å². The molecule has 2 aromatic rings. The molecule has 1 unspecified atom stereocenters. The highest BCUT2D eigenvalue weighted by Crippen LogP contribution is 2.22. The molecule has 0 spiro atoms. The summed E-state index contributed by atoms with van der Waals surface area (Å²) >= 11 is 4.96. The second-order valence-electron chi connectivity index (χ2n) is 4.55. The number of rotatable bonds is 5. The molecule has 106 valence electrons. The Morgan fingerprint density at radius 2 is 2.20 bits per heavy atom. The summed E-state index contributed by atoms with van der Waals surface area (Å²) in [5.41, 5.74) is 0.420. The van der Waals surface area contributed by atoms with E-state index in [1.807, 2.05) is 25.5 Å². The topological polar surface area (TPSA) is 45.2 Å². The van der Waals surface area contributed by atoms with Gasteiger partial charge in [0.15, 0.2) is 0 Å². The molecule has 0 saturated carbocycles. The Morgan fingerprint density at radius 3 is 2.80 bits per heavy atom. The molecule has 2 aromatic heterocycles. The molecule has 0 aliphatic rings. The van der Waals surface area contributed by atoms with Crippen LogP contribution in [0, 0.1) is 0 Å². The van der Waals surface area contributed by atoms with E-state index in [2.05, 4.69) is 37.2 Å². The van der Waals surface area contributed by atoms with Crippen LogP contribution in [0.5, 0.6) is 0 Å². The maximum atomic E-state index is 12.1. The third-order valence-corrected chi connectivity index (χ3v) is 4.31. The predicted molar refractivity (Wildman–Crippen MR) is 85.0 cm³/mol. The Labute approximate surface area is 131 Å². The highest BCUT2D eigenvalue weighted by atomic mass is 79.9. The monoisotopic (exact) mass is 353 g/mol. The standard InChI is InChI=1S/C14H16BrN3OS/c1-18(2)11(12-6-4-8-20-12)9-16-14(19)10-5-3-7-13(15)17-10/h3-8,11H,9H2,1-2H3,(H,16,19). The highest BCUT2D eigenvalue weighted by Gasteiger charge is 2.17. The van der Waals surface area contributed by atoms with Crippen LogP contribution in [0.4, 0.5) is 0 Å². The Kier molecular flexibility index (Phi) is 5.28. The minimum atomic E-state index is -0.158. The number of hydrogen-bond donors (Lipinski definition) is 1. The van der Waals surface area contributed by atoms with Crippen molar-refractivity contribution in [3.05, 3.63) is 50.9 Å². The number of carbonyl (C=O) groups excluding carboxylic acids is 1. The summed E-state index contributed by atoms with van der Waals surface area (Å²) in [4.78, 5) is 19.6. The smallest absolute Gasteiger partial charge is 0.269 e. The molecule has 2 rings (SSSR count). The van der Waals surface area contributed by atoms with Crippen LogP contribution in [0.2, 0.25) is 0 Å². The Hall–Kier alpha value is -1.24. The summed E-state index contributed by atoms with van der Waals surface area (Å²) in [6, 6.07) is 9.58. The zero-order valence-electron chi connectivity index (χ0n) is 11.3. The summed E-state index contributed by atoms with van der Waals surface area (Å²) in [6.07, 6.45) is 0. The first-order valence-corrected chi connectivity index (χ1v) is 7.86. The molecule has 1 atom stereocenters. The van der Waals surface area contributed by atoms with Gasteiger partial charge in [-0.25, -0.2) is 4.98 Å². The molecule has 0 aliphatic heterocycles. The van der Waals surface area contributed by atoms with E-state index in [0.717, 1.165) is 0 Å². The lowest BCUT2D eigenvalue weighted by molar-refractivity contribution is 0.0937. The fraction of sp³-hybridized carbons (Fsp3) is 0.286. The molecule has 0 fully saturated rings. The largest absolute Gasteiger partial charge is 0.349 e. The SMILES string of the molecule is CN(C)C(CNC(=O)c1cccc(Br)n1)c1cccs1. The fourth-order valence-electron chi connectivity index (χ4n) is 1.83. The van der Waals surface area contributed by atoms with Gasteiger partial charge in [0.1, 0.15) is 10.3 Å². The maximum absolute atomic E-state index is 12.1. The Morgan fingerprint density at radius 1 is 1.40 bits per heavy atom. The van der Waals surface area contributed by atoms with Crippen molar-refractivity contribution in [2.24, 2.45) is 0 Å². The number of carbonyl (C=O) groups is 1. The molecular formula is C14H16BrN3OS. The van der Waals surface area contributed by atoms with Gasteiger partial charge in [-0.3, -0.25) is 4.79 Å². The fourth-order valence-corrected chi connectivity index (χ4v) is 3.10. The number of nitrogens with one attached hydrogen (secondary N) is 1. The molecule has 20 heavy (non-hydrogen) atoms. The molecule has 4 nitrogen and oxygen atoms in total.